The van der Waals surface area contributed by atoms with Crippen LogP contribution in [0.15, 0.2) is 72.8 Å². The first-order valence-corrected chi connectivity index (χ1v) is 15.8. The van der Waals surface area contributed by atoms with Crippen LogP contribution in [0, 0.1) is 0 Å². The molecule has 4 aromatic carbocycles. The third-order valence-corrected chi connectivity index (χ3v) is 8.74. The summed E-state index contributed by atoms with van der Waals surface area (Å²) >= 11 is 0. The highest BCUT2D eigenvalue weighted by Crippen LogP contribution is 2.39. The first-order chi connectivity index (χ1) is 25.4. The Morgan fingerprint density at radius 2 is 1.02 bits per heavy atom. The predicted molar refractivity (Wildman–Crippen MR) is 187 cm³/mol. The average molecular weight is 697 g/mol. The highest BCUT2D eigenvalue weighted by Gasteiger charge is 2.26. The Morgan fingerprint density at radius 3 is 1.37 bits per heavy atom. The summed E-state index contributed by atoms with van der Waals surface area (Å²) < 4.78 is 15.4. The van der Waals surface area contributed by atoms with E-state index in [-0.39, 0.29) is 22.6 Å². The summed E-state index contributed by atoms with van der Waals surface area (Å²) in [6.07, 6.45) is 0. The zero-order valence-electron chi connectivity index (χ0n) is 27.6. The molecule has 0 atom stereocenters. The number of aryl methyl sites for hydroxylation is 2. The van der Waals surface area contributed by atoms with Crippen molar-refractivity contribution in [2.75, 3.05) is 14.2 Å². The number of hydrogen-bond acceptors (Lipinski definition) is 12. The van der Waals surface area contributed by atoms with Crippen molar-refractivity contribution in [3.05, 3.63) is 83.9 Å². The van der Waals surface area contributed by atoms with Crippen molar-refractivity contribution < 1.29 is 19.1 Å². The van der Waals surface area contributed by atoms with Gasteiger partial charge in [-0.1, -0.05) is 48.5 Å². The molecule has 6 N–H and O–H groups in total. The Bertz CT molecular complexity index is 2450. The molecule has 4 aromatic heterocycles. The van der Waals surface area contributed by atoms with Gasteiger partial charge in [-0.15, -0.1) is 20.4 Å². The maximum absolute atomic E-state index is 12.4. The zero-order valence-corrected chi connectivity index (χ0v) is 27.6. The molecule has 0 bridgehead atoms. The molecule has 8 aromatic rings. The van der Waals surface area contributed by atoms with Crippen molar-refractivity contribution in [3.63, 3.8) is 0 Å². The molecule has 0 unspecified atom stereocenters. The molecular weight excluding hydrogens is 668 g/mol. The van der Waals surface area contributed by atoms with Gasteiger partial charge in [-0.25, -0.2) is 9.97 Å². The van der Waals surface area contributed by atoms with Crippen LogP contribution in [-0.4, -0.2) is 86.4 Å². The van der Waals surface area contributed by atoms with Crippen molar-refractivity contribution >= 4 is 33.9 Å². The van der Waals surface area contributed by atoms with Crippen LogP contribution >= 0.6 is 0 Å². The van der Waals surface area contributed by atoms with E-state index in [4.69, 9.17) is 30.9 Å². The van der Waals surface area contributed by atoms with Crippen LogP contribution in [0.25, 0.3) is 67.6 Å². The van der Waals surface area contributed by atoms with Crippen LogP contribution < -0.4 is 20.9 Å². The average Bonchev–Trinajstić information content (AvgIpc) is 4.00. The number of carbonyl (C=O) groups is 2. The maximum atomic E-state index is 12.4. The van der Waals surface area contributed by atoms with Crippen molar-refractivity contribution in [3.8, 4) is 57.1 Å². The standard InChI is InChI=1S/C34H28N14O4/c1-51-27-21(29(35)49)11-13-23-25(27)37-33(19-9-5-3-7-17(19)31-39-43-44-40-31)47(23)15-16-48-24-14-12-22(30(36)50)28(52-2)26(24)38-34(48)20-10-6-4-8-18(20)32-41-45-46-42-32/h3-14H,15-16H2,1-2H3,(H2,35,49)(H2,36,50)(H,39,40,43,44)(H,41,42,45,46). The number of rotatable bonds is 11. The number of nitrogens with zero attached hydrogens (tertiary/aromatic N) is 10. The molecule has 0 aliphatic heterocycles. The lowest BCUT2D eigenvalue weighted by Crippen LogP contribution is -2.13. The second kappa shape index (κ2) is 12.8. The van der Waals surface area contributed by atoms with Crippen LogP contribution in [-0.2, 0) is 13.1 Å². The van der Waals surface area contributed by atoms with Gasteiger partial charge in [0.15, 0.2) is 11.5 Å². The number of fused-ring (bicyclic) bond motifs is 2. The first kappa shape index (κ1) is 31.7. The number of methoxy groups -OCH3 is 2. The van der Waals surface area contributed by atoms with Gasteiger partial charge in [0.05, 0.1) is 36.4 Å². The number of ether oxygens (including phenoxy) is 2. The molecule has 258 valence electrons. The second-order valence-electron chi connectivity index (χ2n) is 11.5. The number of hydrogen-bond donors (Lipinski definition) is 4. The number of benzene rings is 4. The maximum Gasteiger partial charge on any atom is 0.252 e. The minimum Gasteiger partial charge on any atom is -0.494 e. The molecule has 0 fully saturated rings. The van der Waals surface area contributed by atoms with Gasteiger partial charge in [-0.2, -0.15) is 10.4 Å². The lowest BCUT2D eigenvalue weighted by molar-refractivity contribution is 0.0989. The molecule has 0 saturated carbocycles. The van der Waals surface area contributed by atoms with Gasteiger partial charge in [0.25, 0.3) is 11.8 Å². The quantitative estimate of drug-likeness (QED) is 0.152. The van der Waals surface area contributed by atoms with Gasteiger partial charge in [0.1, 0.15) is 22.7 Å². The van der Waals surface area contributed by atoms with Crippen molar-refractivity contribution in [1.82, 2.24) is 60.4 Å². The van der Waals surface area contributed by atoms with Gasteiger partial charge >= 0.3 is 0 Å². The normalized spacial score (nSPS) is 11.3. The second-order valence-corrected chi connectivity index (χ2v) is 11.5. The van der Waals surface area contributed by atoms with E-state index in [0.29, 0.717) is 80.7 Å². The fraction of sp³-hybridized carbons (Fsp3) is 0.118. The topological polar surface area (TPSA) is 249 Å². The fourth-order valence-electron chi connectivity index (χ4n) is 6.50. The molecule has 0 saturated heterocycles. The van der Waals surface area contributed by atoms with E-state index in [1.807, 2.05) is 57.7 Å². The molecule has 2 amide bonds. The van der Waals surface area contributed by atoms with E-state index >= 15 is 0 Å². The largest absolute Gasteiger partial charge is 0.494 e. The molecule has 52 heavy (non-hydrogen) atoms. The number of tetrazole rings is 2. The van der Waals surface area contributed by atoms with E-state index in [0.717, 1.165) is 0 Å². The van der Waals surface area contributed by atoms with Gasteiger partial charge < -0.3 is 30.1 Å². The summed E-state index contributed by atoms with van der Waals surface area (Å²) in [6.45, 7) is 0.655. The lowest BCUT2D eigenvalue weighted by atomic mass is 10.1. The molecule has 18 heteroatoms. The molecule has 18 nitrogen and oxygen atoms in total. The predicted octanol–water partition coefficient (Wildman–Crippen LogP) is 3.00. The molecule has 4 heterocycles. The van der Waals surface area contributed by atoms with E-state index in [1.54, 1.807) is 24.3 Å². The fourth-order valence-corrected chi connectivity index (χ4v) is 6.50. The first-order valence-electron chi connectivity index (χ1n) is 15.8. The number of H-pyrrole nitrogens is 2. The number of primary amides is 2. The Hall–Kier alpha value is -7.50. The monoisotopic (exact) mass is 696 g/mol. The molecule has 0 aliphatic carbocycles. The number of aromatic nitrogens is 12. The molecule has 0 aliphatic rings. The van der Waals surface area contributed by atoms with Crippen LogP contribution in [0.3, 0.4) is 0 Å². The Balaban J connectivity index is 1.36. The zero-order chi connectivity index (χ0) is 35.9. The van der Waals surface area contributed by atoms with Crippen molar-refractivity contribution in [1.29, 1.82) is 0 Å². The number of imidazole rings is 2. The van der Waals surface area contributed by atoms with Gasteiger partial charge in [-0.05, 0) is 34.7 Å². The SMILES string of the molecule is COc1c(C(N)=O)ccc2c1nc(-c1ccccc1-c1nn[nH]n1)n2CCn1c(-c2ccccc2-c2nn[nH]n2)nc2c(OC)c(C(N)=O)ccc21. The molecular formula is C34H28N14O4. The summed E-state index contributed by atoms with van der Waals surface area (Å²) in [6, 6.07) is 21.8. The third-order valence-electron chi connectivity index (χ3n) is 8.74. The minimum atomic E-state index is -0.652. The highest BCUT2D eigenvalue weighted by atomic mass is 16.5. The van der Waals surface area contributed by atoms with Gasteiger partial charge in [0.2, 0.25) is 11.6 Å². The van der Waals surface area contributed by atoms with Crippen LogP contribution in [0.5, 0.6) is 11.5 Å². The number of amides is 2. The van der Waals surface area contributed by atoms with Crippen LogP contribution in [0.1, 0.15) is 20.7 Å². The van der Waals surface area contributed by atoms with Gasteiger partial charge in [-0.3, -0.25) is 9.59 Å². The summed E-state index contributed by atoms with van der Waals surface area (Å²) in [5, 5.41) is 29.4. The van der Waals surface area contributed by atoms with Gasteiger partial charge in [0, 0.05) is 35.3 Å². The van der Waals surface area contributed by atoms with E-state index in [2.05, 4.69) is 41.2 Å². The lowest BCUT2D eigenvalue weighted by Gasteiger charge is -2.15. The summed E-state index contributed by atoms with van der Waals surface area (Å²) in [4.78, 5) is 34.9. The van der Waals surface area contributed by atoms with E-state index in [1.165, 1.54) is 14.2 Å². The molecule has 0 radical (unpaired) electrons. The number of carbonyl (C=O) groups excluding carboxylic acids is 2. The molecule has 8 rings (SSSR count). The summed E-state index contributed by atoms with van der Waals surface area (Å²) in [7, 11) is 2.93. The number of nitrogens with one attached hydrogen (secondary N) is 2. The minimum absolute atomic E-state index is 0.191. The van der Waals surface area contributed by atoms with Crippen LogP contribution in [0.2, 0.25) is 0 Å². The van der Waals surface area contributed by atoms with E-state index in [9.17, 15) is 9.59 Å². The van der Waals surface area contributed by atoms with E-state index < -0.39 is 11.8 Å². The number of nitrogens with two attached hydrogens (primary N) is 2. The Labute approximate surface area is 292 Å². The van der Waals surface area contributed by atoms with Crippen molar-refractivity contribution in [2.24, 2.45) is 11.5 Å². The third kappa shape index (κ3) is 5.13. The number of aromatic amines is 2. The molecule has 0 spiro atoms. The highest BCUT2D eigenvalue weighted by molar-refractivity contribution is 6.03. The van der Waals surface area contributed by atoms with Crippen LogP contribution in [0.4, 0.5) is 0 Å². The Morgan fingerprint density at radius 1 is 0.615 bits per heavy atom. The smallest absolute Gasteiger partial charge is 0.252 e. The Kier molecular flexibility index (Phi) is 7.78. The van der Waals surface area contributed by atoms with Crippen molar-refractivity contribution in [2.45, 2.75) is 13.1 Å². The summed E-state index contributed by atoms with van der Waals surface area (Å²) in [5.41, 5.74) is 16.8. The summed E-state index contributed by atoms with van der Waals surface area (Å²) in [5.74, 6) is 1.02.